The number of halogens is 1. The molecule has 0 heterocycles. The highest BCUT2D eigenvalue weighted by molar-refractivity contribution is 9.10. The average Bonchev–Trinajstić information content (AvgIpc) is 1.82. The molecule has 0 unspecified atom stereocenters. The van der Waals surface area contributed by atoms with Gasteiger partial charge in [-0.15, -0.1) is 0 Å². The molecule has 1 aromatic rings. The van der Waals surface area contributed by atoms with Gasteiger partial charge in [0.25, 0.3) is 0 Å². The van der Waals surface area contributed by atoms with Crippen molar-refractivity contribution in [1.82, 2.24) is 0 Å². The fraction of sp³-hybridized carbons (Fsp3) is 0.143. The highest BCUT2D eigenvalue weighted by Gasteiger charge is 1.88. The van der Waals surface area contributed by atoms with E-state index >= 15 is 0 Å². The van der Waals surface area contributed by atoms with Gasteiger partial charge in [0.05, 0.1) is 11.2 Å². The molecule has 48 valence electrons. The third kappa shape index (κ3) is 1.72. The normalized spacial score (nSPS) is 15.4. The molecule has 0 amide bonds. The Bertz CT molecular complexity index is 272. The Morgan fingerprint density at radius 1 is 1.67 bits per heavy atom. The molecule has 0 N–H and O–H groups in total. The second kappa shape index (κ2) is 2.87. The molecule has 0 saturated carbocycles. The first-order valence-corrected chi connectivity index (χ1v) is 3.21. The SMILES string of the molecule is [2H][13C]([2H])([2H])Oc1cccc(Br)c1. The van der Waals surface area contributed by atoms with Gasteiger partial charge in [-0.2, -0.15) is 0 Å². The lowest BCUT2D eigenvalue weighted by Gasteiger charge is -1.96. The maximum absolute atomic E-state index is 6.84. The van der Waals surface area contributed by atoms with Crippen molar-refractivity contribution in [2.45, 2.75) is 0 Å². The Hall–Kier alpha value is -0.500. The molecule has 1 nitrogen and oxygen atoms in total. The predicted octanol–water partition coefficient (Wildman–Crippen LogP) is 2.46. The highest BCUT2D eigenvalue weighted by Crippen LogP contribution is 2.16. The molecule has 0 saturated heterocycles. The molecule has 2 heteroatoms. The molecule has 0 spiro atoms. The van der Waals surface area contributed by atoms with Crippen molar-refractivity contribution in [3.8, 4) is 5.75 Å². The van der Waals surface area contributed by atoms with E-state index in [9.17, 15) is 0 Å². The molecule has 0 aliphatic heterocycles. The minimum Gasteiger partial charge on any atom is -0.497 e. The van der Waals surface area contributed by atoms with E-state index < -0.39 is 7.04 Å². The van der Waals surface area contributed by atoms with Crippen molar-refractivity contribution in [1.29, 1.82) is 0 Å². The largest absolute Gasteiger partial charge is 0.497 e. The van der Waals surface area contributed by atoms with Gasteiger partial charge < -0.3 is 4.74 Å². The van der Waals surface area contributed by atoms with Crippen LogP contribution in [-0.4, -0.2) is 7.04 Å². The lowest BCUT2D eigenvalue weighted by atomic mass is 10.3. The van der Waals surface area contributed by atoms with Crippen LogP contribution in [0.25, 0.3) is 0 Å². The Kier molecular flexibility index (Phi) is 1.15. The molecular formula is C7H7BrO. The van der Waals surface area contributed by atoms with Gasteiger partial charge in [0.2, 0.25) is 0 Å². The lowest BCUT2D eigenvalue weighted by Crippen LogP contribution is -1.79. The topological polar surface area (TPSA) is 9.23 Å². The Balaban J connectivity index is 2.77. The third-order valence-electron chi connectivity index (χ3n) is 0.914. The van der Waals surface area contributed by atoms with Gasteiger partial charge in [-0.3, -0.25) is 0 Å². The van der Waals surface area contributed by atoms with E-state index in [2.05, 4.69) is 20.7 Å². The van der Waals surface area contributed by atoms with Gasteiger partial charge in [0, 0.05) is 4.47 Å². The molecule has 0 aromatic heterocycles. The summed E-state index contributed by atoms with van der Waals surface area (Å²) in [4.78, 5) is 0. The van der Waals surface area contributed by atoms with E-state index in [1.165, 1.54) is 0 Å². The summed E-state index contributed by atoms with van der Waals surface area (Å²) in [7, 11) is -2.37. The van der Waals surface area contributed by atoms with E-state index in [4.69, 9.17) is 4.11 Å². The number of hydrogen-bond acceptors (Lipinski definition) is 1. The zero-order valence-electron chi connectivity index (χ0n) is 7.60. The van der Waals surface area contributed by atoms with Gasteiger partial charge in [-0.1, -0.05) is 22.0 Å². The van der Waals surface area contributed by atoms with Crippen LogP contribution in [0.3, 0.4) is 0 Å². The van der Waals surface area contributed by atoms with Crippen molar-refractivity contribution >= 4 is 15.9 Å². The standard InChI is InChI=1S/C7H7BrO/c1-9-7-4-2-3-6(8)5-7/h2-5H,1H3/i1+1D3. The molecule has 0 aliphatic rings. The van der Waals surface area contributed by atoms with Crippen molar-refractivity contribution in [2.75, 3.05) is 7.04 Å². The van der Waals surface area contributed by atoms with E-state index in [0.29, 0.717) is 5.75 Å². The Morgan fingerprint density at radius 2 is 2.56 bits per heavy atom. The zero-order valence-corrected chi connectivity index (χ0v) is 6.18. The fourth-order valence-corrected chi connectivity index (χ4v) is 0.909. The van der Waals surface area contributed by atoms with Gasteiger partial charge in [-0.25, -0.2) is 0 Å². The summed E-state index contributed by atoms with van der Waals surface area (Å²) in [6, 6.07) is 6.71. The van der Waals surface area contributed by atoms with Crippen LogP contribution in [0.15, 0.2) is 28.7 Å². The summed E-state index contributed by atoms with van der Waals surface area (Å²) in [5, 5.41) is 0. The molecule has 1 rings (SSSR count). The van der Waals surface area contributed by atoms with E-state index in [0.717, 1.165) is 4.47 Å². The predicted molar refractivity (Wildman–Crippen MR) is 40.7 cm³/mol. The summed E-state index contributed by atoms with van der Waals surface area (Å²) in [5.41, 5.74) is 0. The highest BCUT2D eigenvalue weighted by atomic mass is 79.9. The molecule has 9 heavy (non-hydrogen) atoms. The first kappa shape index (κ1) is 3.62. The van der Waals surface area contributed by atoms with Gasteiger partial charge in [0.15, 0.2) is 0 Å². The summed E-state index contributed by atoms with van der Waals surface area (Å²) in [5.74, 6) is 0.337. The Labute approximate surface area is 67.0 Å². The van der Waals surface area contributed by atoms with E-state index in [1.807, 2.05) is 0 Å². The van der Waals surface area contributed by atoms with Gasteiger partial charge in [0.1, 0.15) is 5.75 Å². The second-order valence-corrected chi connectivity index (χ2v) is 2.48. The van der Waals surface area contributed by atoms with Crippen molar-refractivity contribution in [3.63, 3.8) is 0 Å². The van der Waals surface area contributed by atoms with Crippen LogP contribution >= 0.6 is 15.9 Å². The molecule has 0 aliphatic carbocycles. The molecule has 0 bridgehead atoms. The lowest BCUT2D eigenvalue weighted by molar-refractivity contribution is 0.414. The molecule has 1 aromatic carbocycles. The van der Waals surface area contributed by atoms with Crippen molar-refractivity contribution in [3.05, 3.63) is 28.7 Å². The number of ether oxygens (including phenoxy) is 1. The maximum atomic E-state index is 6.84. The number of hydrogen-bond donors (Lipinski definition) is 0. The van der Waals surface area contributed by atoms with Crippen LogP contribution in [-0.2, 0) is 0 Å². The van der Waals surface area contributed by atoms with Crippen LogP contribution in [0.5, 0.6) is 5.75 Å². The van der Waals surface area contributed by atoms with Crippen LogP contribution in [0.2, 0.25) is 0 Å². The monoisotopic (exact) mass is 190 g/mol. The van der Waals surface area contributed by atoms with E-state index in [-0.39, 0.29) is 0 Å². The van der Waals surface area contributed by atoms with E-state index in [1.54, 1.807) is 24.3 Å². The van der Waals surface area contributed by atoms with Crippen LogP contribution in [0, 0.1) is 0 Å². The molecule has 0 radical (unpaired) electrons. The minimum atomic E-state index is -2.37. The van der Waals surface area contributed by atoms with Gasteiger partial charge >= 0.3 is 0 Å². The van der Waals surface area contributed by atoms with Crippen LogP contribution in [0.1, 0.15) is 4.11 Å². The molecular weight excluding hydrogens is 181 g/mol. The first-order valence-electron chi connectivity index (χ1n) is 3.92. The fourth-order valence-electron chi connectivity index (χ4n) is 0.530. The second-order valence-electron chi connectivity index (χ2n) is 1.56. The number of benzene rings is 1. The Morgan fingerprint density at radius 3 is 3.22 bits per heavy atom. The van der Waals surface area contributed by atoms with Crippen molar-refractivity contribution < 1.29 is 8.85 Å². The molecule has 0 fully saturated rings. The number of rotatable bonds is 1. The first-order chi connectivity index (χ1) is 5.47. The summed E-state index contributed by atoms with van der Waals surface area (Å²) >= 11 is 3.21. The smallest absolute Gasteiger partial charge is 0.119 e. The quantitative estimate of drug-likeness (QED) is 0.619. The maximum Gasteiger partial charge on any atom is 0.119 e. The van der Waals surface area contributed by atoms with Crippen molar-refractivity contribution in [2.24, 2.45) is 0 Å². The van der Waals surface area contributed by atoms with Crippen LogP contribution < -0.4 is 4.74 Å². The summed E-state index contributed by atoms with van der Waals surface area (Å²) in [6.07, 6.45) is 0. The zero-order chi connectivity index (χ0) is 9.19. The average molecular weight is 191 g/mol. The number of methoxy groups -OCH3 is 1. The minimum absolute atomic E-state index is 0.337. The molecule has 0 atom stereocenters. The van der Waals surface area contributed by atoms with Gasteiger partial charge in [-0.05, 0) is 18.2 Å². The third-order valence-corrected chi connectivity index (χ3v) is 1.41. The summed E-state index contributed by atoms with van der Waals surface area (Å²) < 4.78 is 26.0. The summed E-state index contributed by atoms with van der Waals surface area (Å²) in [6.45, 7) is 0. The van der Waals surface area contributed by atoms with Crippen LogP contribution in [0.4, 0.5) is 0 Å².